The van der Waals surface area contributed by atoms with Crippen molar-refractivity contribution in [3.05, 3.63) is 48.4 Å². The summed E-state index contributed by atoms with van der Waals surface area (Å²) in [6.45, 7) is 4.33. The van der Waals surface area contributed by atoms with E-state index >= 15 is 0 Å². The molecule has 2 aromatic rings. The lowest BCUT2D eigenvalue weighted by atomic mass is 10.2. The van der Waals surface area contributed by atoms with Crippen molar-refractivity contribution in [2.24, 2.45) is 0 Å². The minimum atomic E-state index is -0.0506. The molecule has 0 bridgehead atoms. The predicted molar refractivity (Wildman–Crippen MR) is 106 cm³/mol. The molecule has 1 saturated heterocycles. The lowest BCUT2D eigenvalue weighted by Gasteiger charge is -2.20. The van der Waals surface area contributed by atoms with E-state index in [9.17, 15) is 4.79 Å². The minimum absolute atomic E-state index is 0.0506. The van der Waals surface area contributed by atoms with Crippen LogP contribution in [0.25, 0.3) is 0 Å². The van der Waals surface area contributed by atoms with Crippen LogP contribution in [0.15, 0.2) is 47.1 Å². The smallest absolute Gasteiger partial charge is 0.321 e. The number of unbranched alkanes of at least 4 members (excludes halogenated alkanes) is 1. The van der Waals surface area contributed by atoms with Crippen LogP contribution < -0.4 is 10.1 Å². The molecule has 3 rings (SSSR count). The molecule has 1 aliphatic heterocycles. The monoisotopic (exact) mass is 374 g/mol. The lowest BCUT2D eigenvalue weighted by molar-refractivity contribution is 0.214. The molecule has 1 fully saturated rings. The molecule has 5 nitrogen and oxygen atoms in total. The van der Waals surface area contributed by atoms with E-state index in [2.05, 4.69) is 12.2 Å². The van der Waals surface area contributed by atoms with Gasteiger partial charge in [0.05, 0.1) is 18.1 Å². The Kier molecular flexibility index (Phi) is 6.89. The summed E-state index contributed by atoms with van der Waals surface area (Å²) in [4.78, 5) is 14.4. The third kappa shape index (κ3) is 5.21. The Morgan fingerprint density at radius 3 is 2.88 bits per heavy atom. The second kappa shape index (κ2) is 9.57. The van der Waals surface area contributed by atoms with Crippen molar-refractivity contribution >= 4 is 23.5 Å². The number of carbonyl (C=O) groups is 1. The number of ether oxygens (including phenoxy) is 1. The molecule has 26 heavy (non-hydrogen) atoms. The summed E-state index contributed by atoms with van der Waals surface area (Å²) in [5, 5.41) is 3.30. The maximum atomic E-state index is 12.6. The van der Waals surface area contributed by atoms with Crippen LogP contribution in [0.1, 0.15) is 37.2 Å². The van der Waals surface area contributed by atoms with Crippen molar-refractivity contribution in [3.8, 4) is 5.75 Å². The van der Waals surface area contributed by atoms with Gasteiger partial charge in [-0.1, -0.05) is 13.3 Å². The number of furan rings is 1. The molecule has 140 valence electrons. The molecule has 1 aliphatic rings. The zero-order chi connectivity index (χ0) is 18.2. The summed E-state index contributed by atoms with van der Waals surface area (Å²) in [6, 6.07) is 11.4. The number of hydrogen-bond acceptors (Lipinski definition) is 4. The van der Waals surface area contributed by atoms with E-state index in [1.807, 2.05) is 53.1 Å². The standard InChI is InChI=1S/C20H26N2O3S/c1-2-3-13-24-17-8-6-16(7-9-17)21-20(23)22-11-10-19(26-15-12-22)18-5-4-14-25-18/h4-9,14,19H,2-3,10-13,15H2,1H3,(H,21,23). The highest BCUT2D eigenvalue weighted by molar-refractivity contribution is 7.99. The summed E-state index contributed by atoms with van der Waals surface area (Å²) in [7, 11) is 0. The van der Waals surface area contributed by atoms with Crippen molar-refractivity contribution in [2.45, 2.75) is 31.4 Å². The van der Waals surface area contributed by atoms with Gasteiger partial charge in [0.15, 0.2) is 0 Å². The van der Waals surface area contributed by atoms with Crippen LogP contribution in [0.2, 0.25) is 0 Å². The molecule has 1 N–H and O–H groups in total. The van der Waals surface area contributed by atoms with Gasteiger partial charge in [-0.3, -0.25) is 0 Å². The largest absolute Gasteiger partial charge is 0.494 e. The average Bonchev–Trinajstić information content (AvgIpc) is 3.08. The molecule has 2 amide bonds. The second-order valence-electron chi connectivity index (χ2n) is 6.31. The number of benzene rings is 1. The van der Waals surface area contributed by atoms with E-state index < -0.39 is 0 Å². The van der Waals surface area contributed by atoms with Crippen molar-refractivity contribution in [1.29, 1.82) is 0 Å². The number of hydrogen-bond donors (Lipinski definition) is 1. The lowest BCUT2D eigenvalue weighted by Crippen LogP contribution is -2.36. The Morgan fingerprint density at radius 1 is 1.31 bits per heavy atom. The number of rotatable bonds is 6. The predicted octanol–water partition coefficient (Wildman–Crippen LogP) is 5.17. The summed E-state index contributed by atoms with van der Waals surface area (Å²) in [5.74, 6) is 2.74. The van der Waals surface area contributed by atoms with Gasteiger partial charge in [0.2, 0.25) is 0 Å². The van der Waals surface area contributed by atoms with Crippen molar-refractivity contribution in [1.82, 2.24) is 4.90 Å². The zero-order valence-electron chi connectivity index (χ0n) is 15.1. The maximum Gasteiger partial charge on any atom is 0.321 e. The highest BCUT2D eigenvalue weighted by Crippen LogP contribution is 2.34. The molecule has 1 atom stereocenters. The number of nitrogens with zero attached hydrogens (tertiary/aromatic N) is 1. The fourth-order valence-corrected chi connectivity index (χ4v) is 4.03. The molecule has 6 heteroatoms. The molecular weight excluding hydrogens is 348 g/mol. The fraction of sp³-hybridized carbons (Fsp3) is 0.450. The van der Waals surface area contributed by atoms with Crippen LogP contribution in [0.5, 0.6) is 5.75 Å². The van der Waals surface area contributed by atoms with Crippen molar-refractivity contribution in [3.63, 3.8) is 0 Å². The molecule has 1 aromatic heterocycles. The van der Waals surface area contributed by atoms with Gasteiger partial charge in [-0.25, -0.2) is 4.79 Å². The highest BCUT2D eigenvalue weighted by Gasteiger charge is 2.23. The SMILES string of the molecule is CCCCOc1ccc(NC(=O)N2CCSC(c3ccco3)CC2)cc1. The normalized spacial score (nSPS) is 17.6. The van der Waals surface area contributed by atoms with Crippen molar-refractivity contribution in [2.75, 3.05) is 30.8 Å². The first-order chi connectivity index (χ1) is 12.8. The average molecular weight is 375 g/mol. The molecular formula is C20H26N2O3S. The Balaban J connectivity index is 1.50. The first kappa shape index (κ1) is 18.7. The van der Waals surface area contributed by atoms with Gasteiger partial charge in [0, 0.05) is 24.5 Å². The fourth-order valence-electron chi connectivity index (χ4n) is 2.85. The topological polar surface area (TPSA) is 54.7 Å². The minimum Gasteiger partial charge on any atom is -0.494 e. The van der Waals surface area contributed by atoms with E-state index in [-0.39, 0.29) is 6.03 Å². The van der Waals surface area contributed by atoms with Gasteiger partial charge >= 0.3 is 6.03 Å². The van der Waals surface area contributed by atoms with E-state index in [0.717, 1.165) is 61.9 Å². The number of anilines is 1. The Labute approximate surface area is 159 Å². The first-order valence-electron chi connectivity index (χ1n) is 9.20. The zero-order valence-corrected chi connectivity index (χ0v) is 16.0. The number of thioether (sulfide) groups is 1. The quantitative estimate of drug-likeness (QED) is 0.709. The maximum absolute atomic E-state index is 12.6. The molecule has 0 spiro atoms. The van der Waals surface area contributed by atoms with E-state index in [1.54, 1.807) is 6.26 Å². The van der Waals surface area contributed by atoms with Crippen molar-refractivity contribution < 1.29 is 13.9 Å². The van der Waals surface area contributed by atoms with Gasteiger partial charge in [-0.05, 0) is 49.2 Å². The van der Waals surface area contributed by atoms with Gasteiger partial charge in [-0.15, -0.1) is 11.8 Å². The molecule has 1 aromatic carbocycles. The Bertz CT molecular complexity index is 673. The van der Waals surface area contributed by atoms with Gasteiger partial charge < -0.3 is 19.4 Å². The van der Waals surface area contributed by atoms with Gasteiger partial charge in [0.25, 0.3) is 0 Å². The van der Waals surface area contributed by atoms with E-state index in [0.29, 0.717) is 5.25 Å². The van der Waals surface area contributed by atoms with Crippen LogP contribution in [-0.2, 0) is 0 Å². The molecule has 0 saturated carbocycles. The molecule has 1 unspecified atom stereocenters. The third-order valence-electron chi connectivity index (χ3n) is 4.36. The summed E-state index contributed by atoms with van der Waals surface area (Å²) in [5.41, 5.74) is 0.789. The van der Waals surface area contributed by atoms with Gasteiger partial charge in [0.1, 0.15) is 11.5 Å². The van der Waals surface area contributed by atoms with Crippen LogP contribution in [0.3, 0.4) is 0 Å². The second-order valence-corrected chi connectivity index (χ2v) is 7.62. The Hall–Kier alpha value is -2.08. The number of nitrogens with one attached hydrogen (secondary N) is 1. The number of amides is 2. The first-order valence-corrected chi connectivity index (χ1v) is 10.2. The molecule has 0 aliphatic carbocycles. The number of urea groups is 1. The summed E-state index contributed by atoms with van der Waals surface area (Å²) < 4.78 is 11.2. The summed E-state index contributed by atoms with van der Waals surface area (Å²) >= 11 is 1.85. The van der Waals surface area contributed by atoms with Crippen LogP contribution in [-0.4, -0.2) is 36.4 Å². The van der Waals surface area contributed by atoms with Gasteiger partial charge in [-0.2, -0.15) is 0 Å². The number of carbonyl (C=O) groups excluding carboxylic acids is 1. The van der Waals surface area contributed by atoms with E-state index in [4.69, 9.17) is 9.15 Å². The van der Waals surface area contributed by atoms with E-state index in [1.165, 1.54) is 0 Å². The third-order valence-corrected chi connectivity index (χ3v) is 5.65. The molecule has 0 radical (unpaired) electrons. The van der Waals surface area contributed by atoms with Crippen LogP contribution in [0.4, 0.5) is 10.5 Å². The van der Waals surface area contributed by atoms with Crippen LogP contribution in [0, 0.1) is 0 Å². The summed E-state index contributed by atoms with van der Waals surface area (Å²) in [6.07, 6.45) is 4.77. The highest BCUT2D eigenvalue weighted by atomic mass is 32.2. The van der Waals surface area contributed by atoms with Crippen LogP contribution >= 0.6 is 11.8 Å². The molecule has 2 heterocycles. The Morgan fingerprint density at radius 2 is 2.15 bits per heavy atom.